The van der Waals surface area contributed by atoms with Crippen LogP contribution in [0.5, 0.6) is 0 Å². The summed E-state index contributed by atoms with van der Waals surface area (Å²) in [7, 11) is 0. The average Bonchev–Trinajstić information content (AvgIpc) is 3.51. The van der Waals surface area contributed by atoms with Crippen LogP contribution in [0.1, 0.15) is 34.6 Å². The number of nitrogens with zero attached hydrogens (tertiary/aromatic N) is 3. The Balaban J connectivity index is 1.80. The van der Waals surface area contributed by atoms with Gasteiger partial charge in [0.25, 0.3) is 11.6 Å². The number of carbonyl (C=O) groups excluding carboxylic acids is 1. The molecule has 1 saturated carbocycles. The number of nitrogens with one attached hydrogen (secondary N) is 2. The lowest BCUT2D eigenvalue weighted by molar-refractivity contribution is -0.384. The predicted octanol–water partition coefficient (Wildman–Crippen LogP) is 5.47. The van der Waals surface area contributed by atoms with E-state index < -0.39 is 10.8 Å². The number of hydrogen-bond acceptors (Lipinski definition) is 6. The van der Waals surface area contributed by atoms with Crippen molar-refractivity contribution < 1.29 is 14.6 Å². The second kappa shape index (κ2) is 9.65. The average molecular weight is 582 g/mol. The first kappa shape index (κ1) is 23.5. The van der Waals surface area contributed by atoms with Crippen LogP contribution in [0.2, 0.25) is 5.02 Å². The molecule has 2 N–H and O–H groups in total. The molecule has 1 aliphatic rings. The van der Waals surface area contributed by atoms with Crippen molar-refractivity contribution in [1.29, 1.82) is 0 Å². The van der Waals surface area contributed by atoms with Crippen molar-refractivity contribution in [3.8, 4) is 5.69 Å². The van der Waals surface area contributed by atoms with Gasteiger partial charge in [-0.25, -0.2) is 10.2 Å². The minimum Gasteiger partial charge on any atom is -0.354 e. The second-order valence-corrected chi connectivity index (χ2v) is 9.57. The van der Waals surface area contributed by atoms with Gasteiger partial charge >= 0.3 is 0 Å². The number of hydrogen-bond donors (Lipinski definition) is 2. The van der Waals surface area contributed by atoms with Gasteiger partial charge in [-0.3, -0.25) is 19.7 Å². The molecule has 0 radical (unpaired) electrons. The number of aromatic nitrogens is 2. The number of hydroxylamine groups is 1. The van der Waals surface area contributed by atoms with Crippen molar-refractivity contribution in [1.82, 2.24) is 15.3 Å². The first-order valence-corrected chi connectivity index (χ1v) is 11.7. The van der Waals surface area contributed by atoms with Gasteiger partial charge in [-0.1, -0.05) is 11.6 Å². The molecular weight excluding hydrogens is 561 g/mol. The smallest absolute Gasteiger partial charge is 0.295 e. The first-order chi connectivity index (χ1) is 15.7. The standard InChI is InChI=1S/C22H21ClIN5O4/c1-12-7-13(2)28(26-12)20-10-19(25-18-6-5-15(24)8-17(18)23)16(9-21(20)29(31)32)22(30)27-33-11-14-3-4-14/h5-10,14,25H,3-4,11H2,1-2H3,(H,27,30). The number of anilines is 2. The zero-order chi connectivity index (χ0) is 23.7. The van der Waals surface area contributed by atoms with Crippen LogP contribution in [0.3, 0.4) is 0 Å². The molecule has 4 rings (SSSR count). The summed E-state index contributed by atoms with van der Waals surface area (Å²) in [5, 5.41) is 19.9. The second-order valence-electron chi connectivity index (χ2n) is 7.92. The van der Waals surface area contributed by atoms with Gasteiger partial charge in [0, 0.05) is 15.3 Å². The molecule has 172 valence electrons. The molecule has 1 aliphatic carbocycles. The van der Waals surface area contributed by atoms with Crippen LogP contribution in [-0.4, -0.2) is 27.2 Å². The van der Waals surface area contributed by atoms with Crippen LogP contribution in [0.4, 0.5) is 17.1 Å². The normalized spacial score (nSPS) is 13.1. The summed E-state index contributed by atoms with van der Waals surface area (Å²) in [6.45, 7) is 4.02. The van der Waals surface area contributed by atoms with E-state index in [4.69, 9.17) is 16.4 Å². The van der Waals surface area contributed by atoms with Crippen LogP contribution < -0.4 is 10.8 Å². The van der Waals surface area contributed by atoms with E-state index in [0.717, 1.165) is 22.1 Å². The number of benzene rings is 2. The Bertz CT molecular complexity index is 1240. The molecule has 9 nitrogen and oxygen atoms in total. The topological polar surface area (TPSA) is 111 Å². The van der Waals surface area contributed by atoms with Crippen LogP contribution in [0, 0.1) is 33.4 Å². The highest BCUT2D eigenvalue weighted by Crippen LogP contribution is 2.35. The van der Waals surface area contributed by atoms with Crippen LogP contribution in [0.15, 0.2) is 36.4 Å². The fraction of sp³-hybridized carbons (Fsp3) is 0.273. The van der Waals surface area contributed by atoms with Crippen molar-refractivity contribution in [2.24, 2.45) is 5.92 Å². The highest BCUT2D eigenvalue weighted by molar-refractivity contribution is 14.1. The number of rotatable bonds is 8. The predicted molar refractivity (Wildman–Crippen MR) is 133 cm³/mol. The fourth-order valence-corrected chi connectivity index (χ4v) is 4.26. The maximum absolute atomic E-state index is 12.9. The summed E-state index contributed by atoms with van der Waals surface area (Å²) in [5.41, 5.74) is 4.75. The number of nitro groups is 1. The zero-order valence-corrected chi connectivity index (χ0v) is 20.8. The van der Waals surface area contributed by atoms with Crippen molar-refractivity contribution in [2.45, 2.75) is 26.7 Å². The Hall–Kier alpha value is -2.70. The summed E-state index contributed by atoms with van der Waals surface area (Å²) in [6, 6.07) is 9.99. The molecule has 0 bridgehead atoms. The van der Waals surface area contributed by atoms with E-state index in [9.17, 15) is 14.9 Å². The third-order valence-corrected chi connectivity index (χ3v) is 6.16. The zero-order valence-electron chi connectivity index (χ0n) is 17.9. The van der Waals surface area contributed by atoms with E-state index in [-0.39, 0.29) is 16.9 Å². The van der Waals surface area contributed by atoms with Crippen LogP contribution in [0.25, 0.3) is 5.69 Å². The minimum atomic E-state index is -0.595. The maximum atomic E-state index is 12.9. The van der Waals surface area contributed by atoms with Gasteiger partial charge in [-0.05, 0) is 85.5 Å². The van der Waals surface area contributed by atoms with Gasteiger partial charge in [0.2, 0.25) is 0 Å². The molecule has 1 fully saturated rings. The van der Waals surface area contributed by atoms with E-state index in [1.54, 1.807) is 26.0 Å². The van der Waals surface area contributed by atoms with Gasteiger partial charge in [-0.2, -0.15) is 5.10 Å². The van der Waals surface area contributed by atoms with Crippen LogP contribution in [-0.2, 0) is 4.84 Å². The lowest BCUT2D eigenvalue weighted by atomic mass is 10.1. The Morgan fingerprint density at radius 2 is 2.03 bits per heavy atom. The van der Waals surface area contributed by atoms with E-state index in [1.807, 2.05) is 12.1 Å². The van der Waals surface area contributed by atoms with Crippen molar-refractivity contribution in [2.75, 3.05) is 11.9 Å². The van der Waals surface area contributed by atoms with Gasteiger partial charge in [-0.15, -0.1) is 0 Å². The lowest BCUT2D eigenvalue weighted by Gasteiger charge is -2.16. The van der Waals surface area contributed by atoms with Crippen molar-refractivity contribution in [3.63, 3.8) is 0 Å². The summed E-state index contributed by atoms with van der Waals surface area (Å²) in [4.78, 5) is 29.6. The van der Waals surface area contributed by atoms with Gasteiger partial charge in [0.1, 0.15) is 5.69 Å². The molecule has 0 aliphatic heterocycles. The van der Waals surface area contributed by atoms with E-state index in [2.05, 4.69) is 38.5 Å². The molecule has 1 heterocycles. The Kier molecular flexibility index (Phi) is 6.86. The highest BCUT2D eigenvalue weighted by atomic mass is 127. The molecule has 1 amide bonds. The molecule has 0 saturated heterocycles. The van der Waals surface area contributed by atoms with E-state index >= 15 is 0 Å². The van der Waals surface area contributed by atoms with Crippen molar-refractivity contribution >= 4 is 57.2 Å². The molecule has 0 unspecified atom stereocenters. The van der Waals surface area contributed by atoms with Gasteiger partial charge < -0.3 is 5.32 Å². The van der Waals surface area contributed by atoms with E-state index in [0.29, 0.717) is 34.6 Å². The molecule has 3 aromatic rings. The highest BCUT2D eigenvalue weighted by Gasteiger charge is 2.26. The fourth-order valence-electron chi connectivity index (χ4n) is 3.36. The van der Waals surface area contributed by atoms with Crippen LogP contribution >= 0.6 is 34.2 Å². The SMILES string of the molecule is Cc1cc(C)n(-c2cc(Nc3ccc(I)cc3Cl)c(C(=O)NOCC3CC3)cc2[N+](=O)[O-])n1. The molecular formula is C22H21ClIN5O4. The molecule has 1 aromatic heterocycles. The number of halogens is 2. The Morgan fingerprint density at radius 3 is 2.64 bits per heavy atom. The lowest BCUT2D eigenvalue weighted by Crippen LogP contribution is -2.26. The van der Waals surface area contributed by atoms with E-state index in [1.165, 1.54) is 16.8 Å². The Labute approximate surface area is 208 Å². The number of aryl methyl sites for hydroxylation is 2. The molecule has 2 aromatic carbocycles. The van der Waals surface area contributed by atoms with Gasteiger partial charge in [0.15, 0.2) is 0 Å². The summed E-state index contributed by atoms with van der Waals surface area (Å²) < 4.78 is 2.43. The number of carbonyl (C=O) groups is 1. The molecule has 0 atom stereocenters. The molecule has 11 heteroatoms. The number of amides is 1. The third-order valence-electron chi connectivity index (χ3n) is 5.18. The summed E-state index contributed by atoms with van der Waals surface area (Å²) in [6.07, 6.45) is 2.13. The monoisotopic (exact) mass is 581 g/mol. The first-order valence-electron chi connectivity index (χ1n) is 10.2. The summed E-state index contributed by atoms with van der Waals surface area (Å²) in [5.74, 6) is -0.154. The summed E-state index contributed by atoms with van der Waals surface area (Å²) >= 11 is 8.53. The largest absolute Gasteiger partial charge is 0.354 e. The third kappa shape index (κ3) is 5.45. The molecule has 33 heavy (non-hydrogen) atoms. The Morgan fingerprint density at radius 1 is 1.27 bits per heavy atom. The van der Waals surface area contributed by atoms with Crippen molar-refractivity contribution in [3.05, 3.63) is 72.1 Å². The van der Waals surface area contributed by atoms with Gasteiger partial charge in [0.05, 0.1) is 39.2 Å². The number of nitro benzene ring substituents is 1. The quantitative estimate of drug-likeness (QED) is 0.207. The maximum Gasteiger partial charge on any atom is 0.295 e. The minimum absolute atomic E-state index is 0.0531. The molecule has 0 spiro atoms.